The number of nitrogens with zero attached hydrogens (tertiary/aromatic N) is 1. The Kier molecular flexibility index (Phi) is 6.64. The third-order valence-electron chi connectivity index (χ3n) is 6.60. The van der Waals surface area contributed by atoms with Crippen LogP contribution in [0.15, 0.2) is 91.0 Å². The third-order valence-corrected chi connectivity index (χ3v) is 6.60. The van der Waals surface area contributed by atoms with Gasteiger partial charge < -0.3 is 5.11 Å². The van der Waals surface area contributed by atoms with Crippen LogP contribution in [0.2, 0.25) is 0 Å². The van der Waals surface area contributed by atoms with Gasteiger partial charge in [-0.1, -0.05) is 97.9 Å². The maximum absolute atomic E-state index is 13.6. The highest BCUT2D eigenvalue weighted by atomic mass is 16.3. The summed E-state index contributed by atoms with van der Waals surface area (Å²) in [5.74, 6) is 0.415. The van der Waals surface area contributed by atoms with Crippen LogP contribution >= 0.6 is 0 Å². The highest BCUT2D eigenvalue weighted by Crippen LogP contribution is 2.37. The second kappa shape index (κ2) is 9.59. The van der Waals surface area contributed by atoms with Gasteiger partial charge in [0, 0.05) is 19.5 Å². The zero-order chi connectivity index (χ0) is 21.7. The van der Waals surface area contributed by atoms with E-state index >= 15 is 0 Å². The SMILES string of the molecule is C[C@H](CC(=O)[C@@H](c1ccccc1)N1CCC(O)(c2ccccc2)CC1)c1ccccc1. The molecule has 0 spiro atoms. The van der Waals surface area contributed by atoms with Crippen LogP contribution in [0, 0.1) is 0 Å². The fraction of sp³-hybridized carbons (Fsp3) is 0.321. The van der Waals surface area contributed by atoms with Crippen molar-refractivity contribution >= 4 is 5.78 Å². The summed E-state index contributed by atoms with van der Waals surface area (Å²) in [6, 6.07) is 30.0. The molecule has 4 rings (SSSR count). The molecule has 160 valence electrons. The summed E-state index contributed by atoms with van der Waals surface area (Å²) in [7, 11) is 0. The van der Waals surface area contributed by atoms with Crippen molar-refractivity contribution in [3.8, 4) is 0 Å². The highest BCUT2D eigenvalue weighted by molar-refractivity contribution is 5.86. The van der Waals surface area contributed by atoms with Crippen molar-refractivity contribution in [3.63, 3.8) is 0 Å². The Bertz CT molecular complexity index is 964. The summed E-state index contributed by atoms with van der Waals surface area (Å²) < 4.78 is 0. The van der Waals surface area contributed by atoms with Gasteiger partial charge in [-0.25, -0.2) is 0 Å². The Labute approximate surface area is 185 Å². The molecule has 1 N–H and O–H groups in total. The van der Waals surface area contributed by atoms with E-state index < -0.39 is 5.60 Å². The Morgan fingerprint density at radius 1 is 0.839 bits per heavy atom. The standard InChI is InChI=1S/C28H31NO2/c1-22(23-11-5-2-6-12-23)21-26(30)27(24-13-7-3-8-14-24)29-19-17-28(31,18-20-29)25-15-9-4-10-16-25/h2-16,22,27,31H,17-21H2,1H3/t22-,27-/m1/s1. The Hall–Kier alpha value is -2.75. The van der Waals surface area contributed by atoms with E-state index in [4.69, 9.17) is 0 Å². The number of carbonyl (C=O) groups excluding carboxylic acids is 1. The van der Waals surface area contributed by atoms with Crippen molar-refractivity contribution < 1.29 is 9.90 Å². The van der Waals surface area contributed by atoms with Crippen molar-refractivity contribution in [2.24, 2.45) is 0 Å². The van der Waals surface area contributed by atoms with Gasteiger partial charge in [0.2, 0.25) is 0 Å². The first-order valence-electron chi connectivity index (χ1n) is 11.2. The van der Waals surface area contributed by atoms with Crippen molar-refractivity contribution in [3.05, 3.63) is 108 Å². The van der Waals surface area contributed by atoms with Crippen molar-refractivity contribution in [2.75, 3.05) is 13.1 Å². The summed E-state index contributed by atoms with van der Waals surface area (Å²) in [6.07, 6.45) is 1.76. The number of ketones is 1. The largest absolute Gasteiger partial charge is 0.385 e. The van der Waals surface area contributed by atoms with E-state index in [1.807, 2.05) is 78.9 Å². The van der Waals surface area contributed by atoms with E-state index in [0.29, 0.717) is 32.4 Å². The lowest BCUT2D eigenvalue weighted by molar-refractivity contribution is -0.127. The van der Waals surface area contributed by atoms with Crippen LogP contribution in [0.5, 0.6) is 0 Å². The maximum Gasteiger partial charge on any atom is 0.155 e. The fourth-order valence-corrected chi connectivity index (χ4v) is 4.74. The summed E-state index contributed by atoms with van der Waals surface area (Å²) >= 11 is 0. The van der Waals surface area contributed by atoms with Crippen molar-refractivity contribution in [1.29, 1.82) is 0 Å². The van der Waals surface area contributed by atoms with Gasteiger partial charge in [0.05, 0.1) is 11.6 Å². The van der Waals surface area contributed by atoms with Gasteiger partial charge in [-0.3, -0.25) is 9.69 Å². The molecule has 1 fully saturated rings. The topological polar surface area (TPSA) is 40.5 Å². The molecule has 1 aliphatic heterocycles. The molecule has 3 aromatic rings. The first kappa shape index (κ1) is 21.5. The molecule has 0 aromatic heterocycles. The molecular weight excluding hydrogens is 382 g/mol. The summed E-state index contributed by atoms with van der Waals surface area (Å²) in [5, 5.41) is 11.2. The Balaban J connectivity index is 1.52. The molecule has 0 unspecified atom stereocenters. The zero-order valence-electron chi connectivity index (χ0n) is 18.2. The maximum atomic E-state index is 13.6. The van der Waals surface area contributed by atoms with Crippen LogP contribution in [0.25, 0.3) is 0 Å². The van der Waals surface area contributed by atoms with E-state index in [-0.39, 0.29) is 17.7 Å². The average Bonchev–Trinajstić information content (AvgIpc) is 2.82. The molecule has 0 aliphatic carbocycles. The van der Waals surface area contributed by atoms with E-state index in [0.717, 1.165) is 11.1 Å². The van der Waals surface area contributed by atoms with Crippen molar-refractivity contribution in [2.45, 2.75) is 43.7 Å². The van der Waals surface area contributed by atoms with Gasteiger partial charge in [0.1, 0.15) is 0 Å². The molecular formula is C28H31NO2. The number of aliphatic hydroxyl groups is 1. The average molecular weight is 414 g/mol. The number of hydrogen-bond donors (Lipinski definition) is 1. The van der Waals surface area contributed by atoms with Crippen LogP contribution in [0.4, 0.5) is 0 Å². The summed E-state index contributed by atoms with van der Waals surface area (Å²) in [6.45, 7) is 3.51. The minimum absolute atomic E-state index is 0.172. The number of Topliss-reactive ketones (excluding diaryl/α,β-unsaturated/α-hetero) is 1. The third kappa shape index (κ3) is 4.95. The van der Waals surface area contributed by atoms with Crippen LogP contribution < -0.4 is 0 Å². The summed E-state index contributed by atoms with van der Waals surface area (Å²) in [4.78, 5) is 15.8. The minimum atomic E-state index is -0.820. The van der Waals surface area contributed by atoms with E-state index in [9.17, 15) is 9.90 Å². The number of carbonyl (C=O) groups is 1. The molecule has 31 heavy (non-hydrogen) atoms. The van der Waals surface area contributed by atoms with Crippen LogP contribution in [-0.2, 0) is 10.4 Å². The second-order valence-corrected chi connectivity index (χ2v) is 8.73. The quantitative estimate of drug-likeness (QED) is 0.558. The molecule has 0 bridgehead atoms. The van der Waals surface area contributed by atoms with Gasteiger partial charge in [-0.05, 0) is 35.4 Å². The first-order chi connectivity index (χ1) is 15.1. The van der Waals surface area contributed by atoms with Gasteiger partial charge in [0.15, 0.2) is 5.78 Å². The monoisotopic (exact) mass is 413 g/mol. The lowest BCUT2D eigenvalue weighted by Crippen LogP contribution is -2.46. The van der Waals surface area contributed by atoms with E-state index in [1.165, 1.54) is 5.56 Å². The number of benzene rings is 3. The van der Waals surface area contributed by atoms with Crippen LogP contribution in [0.1, 0.15) is 54.8 Å². The zero-order valence-corrected chi connectivity index (χ0v) is 18.2. The smallest absolute Gasteiger partial charge is 0.155 e. The molecule has 3 nitrogen and oxygen atoms in total. The second-order valence-electron chi connectivity index (χ2n) is 8.73. The van der Waals surface area contributed by atoms with E-state index in [1.54, 1.807) is 0 Å². The molecule has 1 heterocycles. The predicted octanol–water partition coefficient (Wildman–Crippen LogP) is 5.47. The number of rotatable bonds is 7. The van der Waals surface area contributed by atoms with Gasteiger partial charge in [-0.15, -0.1) is 0 Å². The predicted molar refractivity (Wildman–Crippen MR) is 125 cm³/mol. The minimum Gasteiger partial charge on any atom is -0.385 e. The van der Waals surface area contributed by atoms with E-state index in [2.05, 4.69) is 24.0 Å². The normalized spacial score (nSPS) is 18.3. The molecule has 1 saturated heterocycles. The number of likely N-dealkylation sites (tertiary alicyclic amines) is 1. The van der Waals surface area contributed by atoms with Gasteiger partial charge >= 0.3 is 0 Å². The lowest BCUT2D eigenvalue weighted by Gasteiger charge is -2.42. The van der Waals surface area contributed by atoms with Gasteiger partial charge in [-0.2, -0.15) is 0 Å². The highest BCUT2D eigenvalue weighted by Gasteiger charge is 2.38. The Morgan fingerprint density at radius 2 is 1.32 bits per heavy atom. The molecule has 0 saturated carbocycles. The Morgan fingerprint density at radius 3 is 1.87 bits per heavy atom. The lowest BCUT2D eigenvalue weighted by atomic mass is 9.82. The van der Waals surface area contributed by atoms with Crippen molar-refractivity contribution in [1.82, 2.24) is 4.90 Å². The fourth-order valence-electron chi connectivity index (χ4n) is 4.74. The van der Waals surface area contributed by atoms with Crippen LogP contribution in [0.3, 0.4) is 0 Å². The molecule has 0 amide bonds. The molecule has 3 aromatic carbocycles. The van der Waals surface area contributed by atoms with Crippen LogP contribution in [-0.4, -0.2) is 28.9 Å². The molecule has 2 atom stereocenters. The summed E-state index contributed by atoms with van der Waals surface area (Å²) in [5.41, 5.74) is 2.38. The molecule has 0 radical (unpaired) electrons. The molecule has 3 heteroatoms. The van der Waals surface area contributed by atoms with Gasteiger partial charge in [0.25, 0.3) is 0 Å². The molecule has 1 aliphatic rings. The number of piperidine rings is 1. The number of hydrogen-bond acceptors (Lipinski definition) is 3. The first-order valence-corrected chi connectivity index (χ1v) is 11.2.